The molecular weight excluding hydrogens is 186 g/mol. The van der Waals surface area contributed by atoms with E-state index in [1.165, 1.54) is 52.0 Å². The maximum Gasteiger partial charge on any atom is 0.0107 e. The molecule has 0 aromatic heterocycles. The summed E-state index contributed by atoms with van der Waals surface area (Å²) >= 11 is 0. The Morgan fingerprint density at radius 1 is 1.33 bits per heavy atom. The van der Waals surface area contributed by atoms with Gasteiger partial charge in [-0.2, -0.15) is 0 Å². The van der Waals surface area contributed by atoms with E-state index >= 15 is 0 Å². The molecule has 3 heteroatoms. The molecule has 0 aliphatic carbocycles. The van der Waals surface area contributed by atoms with E-state index in [1.54, 1.807) is 0 Å². The van der Waals surface area contributed by atoms with Crippen LogP contribution in [0.4, 0.5) is 0 Å². The highest BCUT2D eigenvalue weighted by Crippen LogP contribution is 2.05. The zero-order chi connectivity index (χ0) is 11.1. The van der Waals surface area contributed by atoms with Gasteiger partial charge in [-0.05, 0) is 53.0 Å². The van der Waals surface area contributed by atoms with Crippen molar-refractivity contribution >= 4 is 0 Å². The number of nitrogens with one attached hydrogen (secondary N) is 1. The number of hydrogen-bond acceptors (Lipinski definition) is 3. The third-order valence-electron chi connectivity index (χ3n) is 3.23. The fraction of sp³-hybridized carbons (Fsp3) is 1.00. The summed E-state index contributed by atoms with van der Waals surface area (Å²) < 4.78 is 0. The summed E-state index contributed by atoms with van der Waals surface area (Å²) in [5, 5.41) is 3.61. The Hall–Kier alpha value is -0.120. The standard InChI is InChI=1S/C12H27N3/c1-4-12-6-10-15(11-7-13-12)9-5-8-14(2)3/h12-13H,4-11H2,1-3H3. The van der Waals surface area contributed by atoms with E-state index < -0.39 is 0 Å². The average Bonchev–Trinajstić information content (AvgIpc) is 2.42. The summed E-state index contributed by atoms with van der Waals surface area (Å²) in [6, 6.07) is 0.754. The Labute approximate surface area is 94.8 Å². The molecule has 1 aliphatic rings. The molecule has 1 atom stereocenters. The molecule has 1 unspecified atom stereocenters. The first-order valence-electron chi connectivity index (χ1n) is 6.33. The Morgan fingerprint density at radius 2 is 2.13 bits per heavy atom. The molecular formula is C12H27N3. The highest BCUT2D eigenvalue weighted by molar-refractivity contribution is 4.73. The van der Waals surface area contributed by atoms with Crippen molar-refractivity contribution < 1.29 is 0 Å². The molecule has 0 bridgehead atoms. The monoisotopic (exact) mass is 213 g/mol. The van der Waals surface area contributed by atoms with Crippen molar-refractivity contribution in [2.75, 3.05) is 46.8 Å². The van der Waals surface area contributed by atoms with Crippen LogP contribution in [-0.2, 0) is 0 Å². The second kappa shape index (κ2) is 7.20. The van der Waals surface area contributed by atoms with Gasteiger partial charge in [0, 0.05) is 19.1 Å². The minimum absolute atomic E-state index is 0.754. The third kappa shape index (κ3) is 5.50. The highest BCUT2D eigenvalue weighted by atomic mass is 15.2. The average molecular weight is 213 g/mol. The predicted molar refractivity (Wildman–Crippen MR) is 66.3 cm³/mol. The lowest BCUT2D eigenvalue weighted by Crippen LogP contribution is -2.31. The molecule has 0 spiro atoms. The van der Waals surface area contributed by atoms with Crippen LogP contribution in [0.25, 0.3) is 0 Å². The smallest absolute Gasteiger partial charge is 0.0107 e. The fourth-order valence-corrected chi connectivity index (χ4v) is 2.16. The van der Waals surface area contributed by atoms with Crippen molar-refractivity contribution in [3.63, 3.8) is 0 Å². The molecule has 1 heterocycles. The molecule has 1 N–H and O–H groups in total. The van der Waals surface area contributed by atoms with Crippen molar-refractivity contribution in [1.82, 2.24) is 15.1 Å². The molecule has 1 saturated heterocycles. The largest absolute Gasteiger partial charge is 0.313 e. The summed E-state index contributed by atoms with van der Waals surface area (Å²) in [4.78, 5) is 4.87. The van der Waals surface area contributed by atoms with Crippen LogP contribution in [0.5, 0.6) is 0 Å². The maximum atomic E-state index is 3.61. The molecule has 0 saturated carbocycles. The van der Waals surface area contributed by atoms with Crippen molar-refractivity contribution in [3.05, 3.63) is 0 Å². The van der Waals surface area contributed by atoms with Gasteiger partial charge in [-0.25, -0.2) is 0 Å². The maximum absolute atomic E-state index is 3.61. The molecule has 1 aliphatic heterocycles. The normalized spacial score (nSPS) is 24.4. The Morgan fingerprint density at radius 3 is 2.80 bits per heavy atom. The predicted octanol–water partition coefficient (Wildman–Crippen LogP) is 1.01. The Balaban J connectivity index is 2.14. The first-order valence-corrected chi connectivity index (χ1v) is 6.33. The van der Waals surface area contributed by atoms with Gasteiger partial charge in [-0.1, -0.05) is 6.92 Å². The Bertz CT molecular complexity index is 159. The quantitative estimate of drug-likeness (QED) is 0.735. The van der Waals surface area contributed by atoms with Gasteiger partial charge in [0.05, 0.1) is 0 Å². The second-order valence-electron chi connectivity index (χ2n) is 4.85. The first-order chi connectivity index (χ1) is 7.22. The van der Waals surface area contributed by atoms with Gasteiger partial charge in [0.1, 0.15) is 0 Å². The van der Waals surface area contributed by atoms with Gasteiger partial charge < -0.3 is 15.1 Å². The highest BCUT2D eigenvalue weighted by Gasteiger charge is 2.14. The van der Waals surface area contributed by atoms with E-state index in [0.717, 1.165) is 6.04 Å². The summed E-state index contributed by atoms with van der Waals surface area (Å²) in [5.41, 5.74) is 0. The minimum Gasteiger partial charge on any atom is -0.313 e. The van der Waals surface area contributed by atoms with E-state index in [2.05, 4.69) is 36.1 Å². The van der Waals surface area contributed by atoms with Crippen molar-refractivity contribution in [2.24, 2.45) is 0 Å². The van der Waals surface area contributed by atoms with Gasteiger partial charge >= 0.3 is 0 Å². The summed E-state index contributed by atoms with van der Waals surface area (Å²) in [5.74, 6) is 0. The molecule has 0 amide bonds. The van der Waals surface area contributed by atoms with Gasteiger partial charge in [0.15, 0.2) is 0 Å². The molecule has 1 rings (SSSR count). The van der Waals surface area contributed by atoms with Crippen LogP contribution in [0.3, 0.4) is 0 Å². The molecule has 0 radical (unpaired) electrons. The molecule has 0 aromatic rings. The molecule has 15 heavy (non-hydrogen) atoms. The summed E-state index contributed by atoms with van der Waals surface area (Å²) in [6.45, 7) is 8.42. The van der Waals surface area contributed by atoms with Gasteiger partial charge in [0.2, 0.25) is 0 Å². The third-order valence-corrected chi connectivity index (χ3v) is 3.23. The van der Waals surface area contributed by atoms with Gasteiger partial charge in [-0.3, -0.25) is 0 Å². The summed E-state index contributed by atoms with van der Waals surface area (Å²) in [7, 11) is 4.30. The van der Waals surface area contributed by atoms with Crippen LogP contribution in [0.1, 0.15) is 26.2 Å². The van der Waals surface area contributed by atoms with Crippen LogP contribution in [0.2, 0.25) is 0 Å². The van der Waals surface area contributed by atoms with E-state index in [4.69, 9.17) is 0 Å². The Kier molecular flexibility index (Phi) is 6.22. The van der Waals surface area contributed by atoms with E-state index in [9.17, 15) is 0 Å². The van der Waals surface area contributed by atoms with Crippen molar-refractivity contribution in [2.45, 2.75) is 32.2 Å². The molecule has 90 valence electrons. The first kappa shape index (κ1) is 12.9. The van der Waals surface area contributed by atoms with E-state index in [1.807, 2.05) is 0 Å². The van der Waals surface area contributed by atoms with Crippen molar-refractivity contribution in [3.8, 4) is 0 Å². The number of rotatable bonds is 5. The van der Waals surface area contributed by atoms with Gasteiger partial charge in [-0.15, -0.1) is 0 Å². The van der Waals surface area contributed by atoms with Gasteiger partial charge in [0.25, 0.3) is 0 Å². The van der Waals surface area contributed by atoms with Crippen LogP contribution >= 0.6 is 0 Å². The minimum atomic E-state index is 0.754. The van der Waals surface area contributed by atoms with E-state index in [-0.39, 0.29) is 0 Å². The second-order valence-corrected chi connectivity index (χ2v) is 4.85. The lowest BCUT2D eigenvalue weighted by atomic mass is 10.1. The number of nitrogens with zero attached hydrogens (tertiary/aromatic N) is 2. The topological polar surface area (TPSA) is 18.5 Å². The summed E-state index contributed by atoms with van der Waals surface area (Å²) in [6.07, 6.45) is 3.88. The zero-order valence-electron chi connectivity index (χ0n) is 10.6. The lowest BCUT2D eigenvalue weighted by molar-refractivity contribution is 0.268. The molecule has 3 nitrogen and oxygen atoms in total. The molecule has 1 fully saturated rings. The van der Waals surface area contributed by atoms with Crippen LogP contribution < -0.4 is 5.32 Å². The molecule has 0 aromatic carbocycles. The van der Waals surface area contributed by atoms with Crippen molar-refractivity contribution in [1.29, 1.82) is 0 Å². The van der Waals surface area contributed by atoms with E-state index in [0.29, 0.717) is 0 Å². The lowest BCUT2D eigenvalue weighted by Gasteiger charge is -2.20. The van der Waals surface area contributed by atoms with Crippen LogP contribution in [-0.4, -0.2) is 62.7 Å². The SMILES string of the molecule is CCC1CCN(CCCN(C)C)CCN1. The fourth-order valence-electron chi connectivity index (χ4n) is 2.16. The zero-order valence-corrected chi connectivity index (χ0v) is 10.6. The number of hydrogen-bond donors (Lipinski definition) is 1. The van der Waals surface area contributed by atoms with Crippen LogP contribution in [0, 0.1) is 0 Å². The van der Waals surface area contributed by atoms with Crippen LogP contribution in [0.15, 0.2) is 0 Å².